The van der Waals surface area contributed by atoms with E-state index < -0.39 is 15.4 Å². The maximum atomic E-state index is 11.3. The summed E-state index contributed by atoms with van der Waals surface area (Å²) < 4.78 is 21.7. The number of rotatable bonds is 7. The van der Waals surface area contributed by atoms with Crippen molar-refractivity contribution in [3.05, 3.63) is 0 Å². The van der Waals surface area contributed by atoms with Gasteiger partial charge in [0.15, 0.2) is 0 Å². The number of nitrogens with one attached hydrogen (secondary N) is 1. The van der Waals surface area contributed by atoms with Gasteiger partial charge in [-0.25, -0.2) is 8.42 Å². The molecule has 0 aliphatic rings. The zero-order valence-corrected chi connectivity index (χ0v) is 11.8. The van der Waals surface area contributed by atoms with E-state index in [1.807, 2.05) is 13.8 Å². The van der Waals surface area contributed by atoms with Crippen LogP contribution in [0.25, 0.3) is 0 Å². The third-order valence-electron chi connectivity index (χ3n) is 2.21. The molecular formula is C11H23NO4S. The van der Waals surface area contributed by atoms with Gasteiger partial charge in [-0.3, -0.25) is 4.79 Å². The van der Waals surface area contributed by atoms with Gasteiger partial charge in [-0.15, -0.1) is 0 Å². The molecule has 1 atom stereocenters. The van der Waals surface area contributed by atoms with Crippen LogP contribution in [0, 0.1) is 5.92 Å². The summed E-state index contributed by atoms with van der Waals surface area (Å²) in [5.74, 6) is -0.178. The van der Waals surface area contributed by atoms with Crippen LogP contribution in [0.4, 0.5) is 0 Å². The van der Waals surface area contributed by atoms with Crippen LogP contribution in [-0.2, 0) is 14.6 Å². The van der Waals surface area contributed by atoms with Crippen LogP contribution in [0.15, 0.2) is 0 Å². The molecule has 2 N–H and O–H groups in total. The average molecular weight is 265 g/mol. The van der Waals surface area contributed by atoms with Gasteiger partial charge in [0, 0.05) is 19.2 Å². The highest BCUT2D eigenvalue weighted by atomic mass is 32.2. The maximum Gasteiger partial charge on any atom is 0.221 e. The lowest BCUT2D eigenvalue weighted by molar-refractivity contribution is -0.122. The Labute approximate surface area is 104 Å². The molecule has 0 spiro atoms. The Morgan fingerprint density at radius 2 is 1.94 bits per heavy atom. The summed E-state index contributed by atoms with van der Waals surface area (Å²) in [7, 11) is -3.12. The number of sulfone groups is 1. The quantitative estimate of drug-likeness (QED) is 0.695. The topological polar surface area (TPSA) is 83.5 Å². The smallest absolute Gasteiger partial charge is 0.221 e. The van der Waals surface area contributed by atoms with E-state index >= 15 is 0 Å². The summed E-state index contributed by atoms with van der Waals surface area (Å²) in [6, 6.07) is 0. The SMILES string of the molecule is CC(C)CC(C)(O)CNC(=O)CCS(C)(=O)=O. The molecule has 1 unspecified atom stereocenters. The Bertz CT molecular complexity index is 346. The van der Waals surface area contributed by atoms with E-state index in [0.29, 0.717) is 12.3 Å². The molecule has 0 aliphatic heterocycles. The normalized spacial score (nSPS) is 15.6. The minimum Gasteiger partial charge on any atom is -0.388 e. The Balaban J connectivity index is 3.99. The van der Waals surface area contributed by atoms with E-state index in [0.717, 1.165) is 6.26 Å². The summed E-state index contributed by atoms with van der Waals surface area (Å²) in [6.07, 6.45) is 1.62. The zero-order chi connectivity index (χ0) is 13.7. The van der Waals surface area contributed by atoms with E-state index in [1.54, 1.807) is 6.92 Å². The van der Waals surface area contributed by atoms with Crippen molar-refractivity contribution in [3.63, 3.8) is 0 Å². The Morgan fingerprint density at radius 1 is 1.41 bits per heavy atom. The van der Waals surface area contributed by atoms with Gasteiger partial charge in [-0.2, -0.15) is 0 Å². The third kappa shape index (κ3) is 10.3. The van der Waals surface area contributed by atoms with Crippen LogP contribution in [-0.4, -0.2) is 43.6 Å². The number of carbonyl (C=O) groups is 1. The van der Waals surface area contributed by atoms with Gasteiger partial charge in [0.2, 0.25) is 5.91 Å². The lowest BCUT2D eigenvalue weighted by atomic mass is 9.94. The summed E-state index contributed by atoms with van der Waals surface area (Å²) in [4.78, 5) is 11.3. The summed E-state index contributed by atoms with van der Waals surface area (Å²) >= 11 is 0. The van der Waals surface area contributed by atoms with Crippen molar-refractivity contribution in [1.82, 2.24) is 5.32 Å². The molecule has 0 heterocycles. The van der Waals surface area contributed by atoms with Crippen LogP contribution < -0.4 is 5.32 Å². The predicted octanol–water partition coefficient (Wildman–Crippen LogP) is 0.334. The van der Waals surface area contributed by atoms with Gasteiger partial charge >= 0.3 is 0 Å². The number of carbonyl (C=O) groups excluding carboxylic acids is 1. The van der Waals surface area contributed by atoms with E-state index in [-0.39, 0.29) is 24.6 Å². The van der Waals surface area contributed by atoms with Crippen molar-refractivity contribution in [2.75, 3.05) is 18.6 Å². The second-order valence-corrected chi connectivity index (χ2v) is 7.51. The molecule has 0 saturated carbocycles. The second kappa shape index (κ2) is 6.35. The van der Waals surface area contributed by atoms with E-state index in [9.17, 15) is 18.3 Å². The highest BCUT2D eigenvalue weighted by Crippen LogP contribution is 2.14. The first-order valence-electron chi connectivity index (χ1n) is 5.69. The molecule has 0 saturated heterocycles. The van der Waals surface area contributed by atoms with Crippen LogP contribution in [0.1, 0.15) is 33.6 Å². The zero-order valence-electron chi connectivity index (χ0n) is 11.0. The molecule has 0 aromatic carbocycles. The predicted molar refractivity (Wildman–Crippen MR) is 67.4 cm³/mol. The first-order chi connectivity index (χ1) is 7.52. The van der Waals surface area contributed by atoms with Crippen molar-refractivity contribution < 1.29 is 18.3 Å². The molecule has 102 valence electrons. The molecule has 5 nitrogen and oxygen atoms in total. The molecule has 0 aromatic rings. The molecule has 0 radical (unpaired) electrons. The van der Waals surface area contributed by atoms with E-state index in [4.69, 9.17) is 0 Å². The van der Waals surface area contributed by atoms with E-state index in [2.05, 4.69) is 5.32 Å². The van der Waals surface area contributed by atoms with Gasteiger partial charge in [0.05, 0.1) is 11.4 Å². The molecule has 0 aliphatic carbocycles. The molecule has 0 rings (SSSR count). The van der Waals surface area contributed by atoms with Gasteiger partial charge in [0.25, 0.3) is 0 Å². The number of aliphatic hydroxyl groups is 1. The molecule has 0 fully saturated rings. The van der Waals surface area contributed by atoms with Crippen molar-refractivity contribution in [2.24, 2.45) is 5.92 Å². The number of hydrogen-bond acceptors (Lipinski definition) is 4. The van der Waals surface area contributed by atoms with Gasteiger partial charge in [-0.05, 0) is 19.3 Å². The lowest BCUT2D eigenvalue weighted by Gasteiger charge is -2.25. The number of hydrogen-bond donors (Lipinski definition) is 2. The first kappa shape index (κ1) is 16.4. The monoisotopic (exact) mass is 265 g/mol. The molecule has 1 amide bonds. The first-order valence-corrected chi connectivity index (χ1v) is 7.75. The Kier molecular flexibility index (Phi) is 6.12. The fraction of sp³-hybridized carbons (Fsp3) is 0.909. The van der Waals surface area contributed by atoms with Crippen LogP contribution in [0.5, 0.6) is 0 Å². The van der Waals surface area contributed by atoms with Crippen molar-refractivity contribution in [1.29, 1.82) is 0 Å². The highest BCUT2D eigenvalue weighted by Gasteiger charge is 2.22. The van der Waals surface area contributed by atoms with Crippen LogP contribution >= 0.6 is 0 Å². The standard InChI is InChI=1S/C11H23NO4S/c1-9(2)7-11(3,14)8-12-10(13)5-6-17(4,15)16/h9,14H,5-8H2,1-4H3,(H,12,13). The third-order valence-corrected chi connectivity index (χ3v) is 3.16. The maximum absolute atomic E-state index is 11.3. The summed E-state index contributed by atoms with van der Waals surface area (Å²) in [5, 5.41) is 12.5. The van der Waals surface area contributed by atoms with Gasteiger partial charge in [-0.1, -0.05) is 13.8 Å². The average Bonchev–Trinajstić information content (AvgIpc) is 2.08. The second-order valence-electron chi connectivity index (χ2n) is 5.25. The van der Waals surface area contributed by atoms with Gasteiger partial charge < -0.3 is 10.4 Å². The Morgan fingerprint density at radius 3 is 2.35 bits per heavy atom. The summed E-state index contributed by atoms with van der Waals surface area (Å²) in [5.41, 5.74) is -0.949. The number of amides is 1. The van der Waals surface area contributed by atoms with Crippen molar-refractivity contribution >= 4 is 15.7 Å². The molecule has 0 aromatic heterocycles. The fourth-order valence-electron chi connectivity index (χ4n) is 1.61. The largest absolute Gasteiger partial charge is 0.388 e. The summed E-state index contributed by atoms with van der Waals surface area (Å²) in [6.45, 7) is 5.78. The molecule has 6 heteroatoms. The van der Waals surface area contributed by atoms with Crippen LogP contribution in [0.2, 0.25) is 0 Å². The molecule has 0 bridgehead atoms. The molecular weight excluding hydrogens is 242 g/mol. The highest BCUT2D eigenvalue weighted by molar-refractivity contribution is 7.90. The van der Waals surface area contributed by atoms with Gasteiger partial charge in [0.1, 0.15) is 9.84 Å². The van der Waals surface area contributed by atoms with E-state index in [1.165, 1.54) is 0 Å². The lowest BCUT2D eigenvalue weighted by Crippen LogP contribution is -2.41. The minimum absolute atomic E-state index is 0.0589. The fourth-order valence-corrected chi connectivity index (χ4v) is 2.16. The minimum atomic E-state index is -3.12. The Hall–Kier alpha value is -0.620. The van der Waals surface area contributed by atoms with Crippen molar-refractivity contribution in [3.8, 4) is 0 Å². The van der Waals surface area contributed by atoms with Crippen molar-refractivity contribution in [2.45, 2.75) is 39.2 Å². The van der Waals surface area contributed by atoms with Crippen LogP contribution in [0.3, 0.4) is 0 Å². The molecule has 17 heavy (non-hydrogen) atoms.